The Morgan fingerprint density at radius 1 is 1.16 bits per heavy atom. The van der Waals surface area contributed by atoms with Crippen LogP contribution in [0.15, 0.2) is 39.5 Å². The average molecular weight is 469 g/mol. The fraction of sp³-hybridized carbons (Fsp3) is 0.286. The number of ether oxygens (including phenoxy) is 2. The van der Waals surface area contributed by atoms with E-state index in [1.165, 1.54) is 17.4 Å². The number of hydrogen-bond donors (Lipinski definition) is 1. The van der Waals surface area contributed by atoms with Gasteiger partial charge in [0.1, 0.15) is 16.3 Å². The van der Waals surface area contributed by atoms with Gasteiger partial charge in [-0.1, -0.05) is 6.92 Å². The summed E-state index contributed by atoms with van der Waals surface area (Å²) in [6.45, 7) is 3.26. The summed E-state index contributed by atoms with van der Waals surface area (Å²) in [5, 5.41) is 2.59. The second-order valence-corrected chi connectivity index (χ2v) is 7.64. The Hall–Kier alpha value is -3.34. The van der Waals surface area contributed by atoms with E-state index in [0.29, 0.717) is 17.5 Å². The first kappa shape index (κ1) is 23.3. The molecule has 1 aromatic carbocycles. The molecule has 2 heterocycles. The molecule has 0 spiro atoms. The van der Waals surface area contributed by atoms with Gasteiger partial charge in [-0.2, -0.15) is 13.2 Å². The van der Waals surface area contributed by atoms with Crippen molar-refractivity contribution in [1.82, 2.24) is 0 Å². The Morgan fingerprint density at radius 3 is 2.56 bits per heavy atom. The number of nitrogens with one attached hydrogen (secondary N) is 1. The van der Waals surface area contributed by atoms with Crippen molar-refractivity contribution in [2.24, 2.45) is 0 Å². The van der Waals surface area contributed by atoms with Crippen LogP contribution in [0, 0.1) is 0 Å². The minimum Gasteiger partial charge on any atom is -0.484 e. The van der Waals surface area contributed by atoms with Gasteiger partial charge in [0.05, 0.1) is 17.7 Å². The molecule has 11 heteroatoms. The maximum Gasteiger partial charge on any atom is 0.417 e. The second kappa shape index (κ2) is 9.43. The van der Waals surface area contributed by atoms with Crippen LogP contribution in [0.25, 0.3) is 11.0 Å². The molecule has 0 unspecified atom stereocenters. The number of alkyl halides is 3. The molecule has 0 radical (unpaired) electrons. The maximum absolute atomic E-state index is 13.1. The van der Waals surface area contributed by atoms with Gasteiger partial charge in [-0.15, -0.1) is 11.3 Å². The molecule has 0 atom stereocenters. The van der Waals surface area contributed by atoms with E-state index in [4.69, 9.17) is 13.9 Å². The Bertz CT molecular complexity index is 1210. The molecule has 1 N–H and O–H groups in total. The third kappa shape index (κ3) is 5.28. The van der Waals surface area contributed by atoms with Crippen molar-refractivity contribution in [2.75, 3.05) is 18.5 Å². The highest BCUT2D eigenvalue weighted by Gasteiger charge is 2.33. The third-order valence-corrected chi connectivity index (χ3v) is 5.47. The van der Waals surface area contributed by atoms with Gasteiger partial charge in [-0.05, 0) is 31.5 Å². The van der Waals surface area contributed by atoms with Gasteiger partial charge in [0, 0.05) is 22.4 Å². The van der Waals surface area contributed by atoms with Gasteiger partial charge in [0.2, 0.25) is 0 Å². The lowest BCUT2D eigenvalue weighted by Gasteiger charge is -2.11. The van der Waals surface area contributed by atoms with Crippen molar-refractivity contribution in [3.63, 3.8) is 0 Å². The van der Waals surface area contributed by atoms with Crippen molar-refractivity contribution >= 4 is 39.2 Å². The summed E-state index contributed by atoms with van der Waals surface area (Å²) in [7, 11) is 0. The summed E-state index contributed by atoms with van der Waals surface area (Å²) in [5.74, 6) is -1.13. The Balaban J connectivity index is 1.75. The predicted octanol–water partition coefficient (Wildman–Crippen LogP) is 4.63. The number of carbonyl (C=O) groups is 2. The van der Waals surface area contributed by atoms with Crippen molar-refractivity contribution in [3.8, 4) is 5.75 Å². The molecule has 3 rings (SSSR count). The first-order valence-corrected chi connectivity index (χ1v) is 10.3. The number of hydrogen-bond acceptors (Lipinski definition) is 7. The molecule has 0 saturated heterocycles. The van der Waals surface area contributed by atoms with Crippen LogP contribution >= 0.6 is 11.3 Å². The molecule has 0 saturated carbocycles. The molecule has 2 aromatic heterocycles. The van der Waals surface area contributed by atoms with E-state index in [1.807, 2.05) is 6.92 Å². The number of aryl methyl sites for hydroxylation is 1. The van der Waals surface area contributed by atoms with Gasteiger partial charge in [-0.25, -0.2) is 9.59 Å². The fourth-order valence-electron chi connectivity index (χ4n) is 2.85. The molecule has 0 fully saturated rings. The van der Waals surface area contributed by atoms with E-state index >= 15 is 0 Å². The molecule has 170 valence electrons. The first-order valence-electron chi connectivity index (χ1n) is 9.50. The number of anilines is 1. The van der Waals surface area contributed by atoms with Crippen molar-refractivity contribution < 1.29 is 36.7 Å². The molecule has 3 aromatic rings. The monoisotopic (exact) mass is 469 g/mol. The van der Waals surface area contributed by atoms with Crippen LogP contribution in [0.1, 0.15) is 34.6 Å². The number of benzene rings is 1. The number of thiophene rings is 1. The SMILES string of the molecule is CCOC(=O)c1cc(CC)sc1NC(=O)COc1ccc2c(C(F)(F)F)cc(=O)oc2c1. The molecule has 0 aliphatic heterocycles. The summed E-state index contributed by atoms with van der Waals surface area (Å²) in [6, 6.07) is 5.45. The lowest BCUT2D eigenvalue weighted by atomic mass is 10.1. The van der Waals surface area contributed by atoms with Crippen LogP contribution in [0.5, 0.6) is 5.75 Å². The quantitative estimate of drug-likeness (QED) is 0.401. The minimum atomic E-state index is -4.73. The standard InChI is InChI=1S/C21H18F3NO6S/c1-3-12-8-14(20(28)29-4-2)19(32-12)25-17(26)10-30-11-5-6-13-15(21(22,23)24)9-18(27)31-16(13)7-11/h5-9H,3-4,10H2,1-2H3,(H,25,26). The molecule has 0 bridgehead atoms. The minimum absolute atomic E-state index is 0.0289. The molecule has 0 aliphatic carbocycles. The molecule has 32 heavy (non-hydrogen) atoms. The number of amides is 1. The maximum atomic E-state index is 13.1. The molecular formula is C21H18F3NO6S. The lowest BCUT2D eigenvalue weighted by molar-refractivity contribution is -0.136. The topological polar surface area (TPSA) is 94.8 Å². The summed E-state index contributed by atoms with van der Waals surface area (Å²) in [5.41, 5.74) is -2.37. The van der Waals surface area contributed by atoms with Crippen LogP contribution < -0.4 is 15.7 Å². The van der Waals surface area contributed by atoms with Gasteiger partial charge in [0.15, 0.2) is 6.61 Å². The normalized spacial score (nSPS) is 11.4. The van der Waals surface area contributed by atoms with Crippen LogP contribution in [-0.2, 0) is 22.1 Å². The largest absolute Gasteiger partial charge is 0.484 e. The van der Waals surface area contributed by atoms with Gasteiger partial charge >= 0.3 is 17.8 Å². The smallest absolute Gasteiger partial charge is 0.417 e. The zero-order chi connectivity index (χ0) is 23.5. The van der Waals surface area contributed by atoms with Crippen LogP contribution in [0.2, 0.25) is 0 Å². The highest BCUT2D eigenvalue weighted by atomic mass is 32.1. The first-order chi connectivity index (χ1) is 15.1. The average Bonchev–Trinajstić information content (AvgIpc) is 3.13. The van der Waals surface area contributed by atoms with E-state index in [9.17, 15) is 27.6 Å². The number of esters is 1. The van der Waals surface area contributed by atoms with E-state index in [0.717, 1.165) is 17.0 Å². The zero-order valence-corrected chi connectivity index (χ0v) is 17.8. The lowest BCUT2D eigenvalue weighted by Crippen LogP contribution is -2.21. The van der Waals surface area contributed by atoms with Crippen molar-refractivity contribution in [2.45, 2.75) is 26.4 Å². The molecule has 0 aliphatic rings. The van der Waals surface area contributed by atoms with Crippen LogP contribution in [-0.4, -0.2) is 25.1 Å². The van der Waals surface area contributed by atoms with Gasteiger partial charge in [0.25, 0.3) is 5.91 Å². The Morgan fingerprint density at radius 2 is 1.91 bits per heavy atom. The summed E-state index contributed by atoms with van der Waals surface area (Å²) in [6.07, 6.45) is -4.07. The summed E-state index contributed by atoms with van der Waals surface area (Å²) in [4.78, 5) is 36.8. The zero-order valence-electron chi connectivity index (χ0n) is 17.0. The van der Waals surface area contributed by atoms with Crippen LogP contribution in [0.4, 0.5) is 18.2 Å². The Labute approximate surface area is 183 Å². The van der Waals surface area contributed by atoms with Gasteiger partial charge < -0.3 is 19.2 Å². The van der Waals surface area contributed by atoms with E-state index in [1.54, 1.807) is 13.0 Å². The highest BCUT2D eigenvalue weighted by molar-refractivity contribution is 7.16. The van der Waals surface area contributed by atoms with Gasteiger partial charge in [-0.3, -0.25) is 4.79 Å². The van der Waals surface area contributed by atoms with E-state index in [-0.39, 0.29) is 28.9 Å². The highest BCUT2D eigenvalue weighted by Crippen LogP contribution is 2.35. The molecule has 1 amide bonds. The number of rotatable bonds is 7. The molecular weight excluding hydrogens is 451 g/mol. The van der Waals surface area contributed by atoms with Crippen molar-refractivity contribution in [3.05, 3.63) is 56.8 Å². The number of halogens is 3. The van der Waals surface area contributed by atoms with Crippen molar-refractivity contribution in [1.29, 1.82) is 0 Å². The van der Waals surface area contributed by atoms with E-state index < -0.39 is 35.8 Å². The second-order valence-electron chi connectivity index (χ2n) is 6.50. The van der Waals surface area contributed by atoms with E-state index in [2.05, 4.69) is 5.32 Å². The number of fused-ring (bicyclic) bond motifs is 1. The fourth-order valence-corrected chi connectivity index (χ4v) is 3.85. The number of carbonyl (C=O) groups excluding carboxylic acids is 2. The Kier molecular flexibility index (Phi) is 6.87. The predicted molar refractivity (Wildman–Crippen MR) is 111 cm³/mol. The molecule has 7 nitrogen and oxygen atoms in total. The summed E-state index contributed by atoms with van der Waals surface area (Å²) < 4.78 is 54.5. The third-order valence-electron chi connectivity index (χ3n) is 4.27. The van der Waals surface area contributed by atoms with Crippen LogP contribution in [0.3, 0.4) is 0 Å². The summed E-state index contributed by atoms with van der Waals surface area (Å²) >= 11 is 1.23.